The maximum absolute atomic E-state index is 12.3. The van der Waals surface area contributed by atoms with Gasteiger partial charge in [0, 0.05) is 22.7 Å². The third kappa shape index (κ3) is 5.42. The lowest BCUT2D eigenvalue weighted by Gasteiger charge is -2.14. The molecular formula is C22H20ClN3O4. The number of nitrogens with two attached hydrogens (primary N) is 1. The number of ether oxygens (including phenoxy) is 2. The maximum atomic E-state index is 12.3. The van der Waals surface area contributed by atoms with Gasteiger partial charge in [-0.15, -0.1) is 0 Å². The lowest BCUT2D eigenvalue weighted by Crippen LogP contribution is -2.28. The van der Waals surface area contributed by atoms with Crippen molar-refractivity contribution in [3.05, 3.63) is 82.9 Å². The van der Waals surface area contributed by atoms with Crippen molar-refractivity contribution in [2.75, 3.05) is 12.4 Å². The molecule has 3 amide bonds. The van der Waals surface area contributed by atoms with Gasteiger partial charge in [0.1, 0.15) is 17.2 Å². The molecular weight excluding hydrogens is 406 g/mol. The van der Waals surface area contributed by atoms with Gasteiger partial charge in [0.25, 0.3) is 0 Å². The number of hydrogen-bond donors (Lipinski definition) is 3. The second kappa shape index (κ2) is 9.67. The number of urea groups is 1. The number of halogens is 1. The van der Waals surface area contributed by atoms with Gasteiger partial charge >= 0.3 is 6.03 Å². The highest BCUT2D eigenvalue weighted by Gasteiger charge is 2.10. The summed E-state index contributed by atoms with van der Waals surface area (Å²) < 4.78 is 11.1. The van der Waals surface area contributed by atoms with Crippen LogP contribution in [-0.4, -0.2) is 19.0 Å². The number of para-hydroxylation sites is 1. The number of rotatable bonds is 7. The van der Waals surface area contributed by atoms with Crippen molar-refractivity contribution in [1.29, 1.82) is 0 Å². The highest BCUT2D eigenvalue weighted by Crippen LogP contribution is 2.28. The van der Waals surface area contributed by atoms with Gasteiger partial charge in [-0.1, -0.05) is 29.8 Å². The average Bonchev–Trinajstić information content (AvgIpc) is 2.74. The number of benzene rings is 3. The second-order valence-corrected chi connectivity index (χ2v) is 6.69. The first-order valence-corrected chi connectivity index (χ1v) is 9.38. The summed E-state index contributed by atoms with van der Waals surface area (Å²) in [6.45, 7) is 0.226. The van der Waals surface area contributed by atoms with Crippen LogP contribution >= 0.6 is 11.6 Å². The van der Waals surface area contributed by atoms with E-state index in [9.17, 15) is 9.59 Å². The molecule has 0 aliphatic carbocycles. The van der Waals surface area contributed by atoms with Gasteiger partial charge in [0.05, 0.1) is 12.8 Å². The molecule has 0 aromatic heterocycles. The molecule has 0 aliphatic rings. The molecule has 0 saturated heterocycles. The fourth-order valence-electron chi connectivity index (χ4n) is 2.68. The monoisotopic (exact) mass is 425 g/mol. The van der Waals surface area contributed by atoms with Crippen molar-refractivity contribution in [2.45, 2.75) is 6.54 Å². The molecule has 4 N–H and O–H groups in total. The Morgan fingerprint density at radius 2 is 1.73 bits per heavy atom. The van der Waals surface area contributed by atoms with Crippen molar-refractivity contribution < 1.29 is 19.1 Å². The summed E-state index contributed by atoms with van der Waals surface area (Å²) in [6, 6.07) is 18.3. The molecule has 0 heterocycles. The predicted molar refractivity (Wildman–Crippen MR) is 115 cm³/mol. The first kappa shape index (κ1) is 21.0. The zero-order valence-corrected chi connectivity index (χ0v) is 16.9. The third-order valence-electron chi connectivity index (χ3n) is 4.19. The van der Waals surface area contributed by atoms with Crippen molar-refractivity contribution >= 4 is 29.2 Å². The SMILES string of the molecule is COc1ccc(Cl)cc1NC(=O)NCc1ccccc1Oc1ccc(C(N)=O)cc1. The minimum atomic E-state index is -0.506. The molecule has 0 unspecified atom stereocenters. The lowest BCUT2D eigenvalue weighted by atomic mass is 10.2. The summed E-state index contributed by atoms with van der Waals surface area (Å²) in [5, 5.41) is 5.97. The Morgan fingerprint density at radius 3 is 2.43 bits per heavy atom. The number of amides is 3. The van der Waals surface area contributed by atoms with Crippen molar-refractivity contribution in [2.24, 2.45) is 5.73 Å². The van der Waals surface area contributed by atoms with Crippen molar-refractivity contribution in [3.63, 3.8) is 0 Å². The summed E-state index contributed by atoms with van der Waals surface area (Å²) >= 11 is 5.99. The number of carbonyl (C=O) groups excluding carboxylic acids is 2. The standard InChI is InChI=1S/C22H20ClN3O4/c1-29-20-11-8-16(23)12-18(20)26-22(28)25-13-15-4-2-3-5-19(15)30-17-9-6-14(7-10-17)21(24)27/h2-12H,13H2,1H3,(H2,24,27)(H2,25,26,28). The predicted octanol–water partition coefficient (Wildman–Crippen LogP) is 4.56. The van der Waals surface area contributed by atoms with E-state index in [0.717, 1.165) is 5.56 Å². The molecule has 0 spiro atoms. The Kier molecular flexibility index (Phi) is 6.77. The second-order valence-electron chi connectivity index (χ2n) is 6.25. The van der Waals surface area contributed by atoms with Crippen molar-refractivity contribution in [1.82, 2.24) is 5.32 Å². The van der Waals surface area contributed by atoms with Crippen LogP contribution in [0.4, 0.5) is 10.5 Å². The zero-order valence-electron chi connectivity index (χ0n) is 16.1. The molecule has 3 aromatic carbocycles. The molecule has 3 rings (SSSR count). The average molecular weight is 426 g/mol. The molecule has 7 nitrogen and oxygen atoms in total. The van der Waals surface area contributed by atoms with E-state index in [1.54, 1.807) is 48.5 Å². The molecule has 3 aromatic rings. The van der Waals surface area contributed by atoms with E-state index in [1.807, 2.05) is 18.2 Å². The summed E-state index contributed by atoms with van der Waals surface area (Å²) in [5.74, 6) is 1.11. The molecule has 0 radical (unpaired) electrons. The molecule has 0 atom stereocenters. The topological polar surface area (TPSA) is 103 Å². The highest BCUT2D eigenvalue weighted by atomic mass is 35.5. The van der Waals surface area contributed by atoms with E-state index >= 15 is 0 Å². The Labute approximate surface area is 178 Å². The van der Waals surface area contributed by atoms with Crippen LogP contribution in [-0.2, 0) is 6.54 Å². The van der Waals surface area contributed by atoms with Crippen LogP contribution in [0.1, 0.15) is 15.9 Å². The van der Waals surface area contributed by atoms with Gasteiger partial charge in [-0.2, -0.15) is 0 Å². The van der Waals surface area contributed by atoms with Gasteiger partial charge < -0.3 is 25.8 Å². The van der Waals surface area contributed by atoms with Crippen LogP contribution < -0.4 is 25.8 Å². The molecule has 0 fully saturated rings. The van der Waals surface area contributed by atoms with Gasteiger partial charge in [-0.05, 0) is 48.5 Å². The minimum Gasteiger partial charge on any atom is -0.495 e. The number of carbonyl (C=O) groups is 2. The van der Waals surface area contributed by atoms with Crippen LogP contribution in [0.15, 0.2) is 66.7 Å². The van der Waals surface area contributed by atoms with Crippen LogP contribution in [0.2, 0.25) is 5.02 Å². The number of anilines is 1. The Balaban J connectivity index is 1.65. The van der Waals surface area contributed by atoms with E-state index < -0.39 is 11.9 Å². The number of primary amides is 1. The number of methoxy groups -OCH3 is 1. The van der Waals surface area contributed by atoms with Gasteiger partial charge in [0.2, 0.25) is 5.91 Å². The zero-order chi connectivity index (χ0) is 21.5. The minimum absolute atomic E-state index is 0.226. The summed E-state index contributed by atoms with van der Waals surface area (Å²) in [4.78, 5) is 23.5. The Morgan fingerprint density at radius 1 is 1.00 bits per heavy atom. The van der Waals surface area contributed by atoms with Gasteiger partial charge in [-0.3, -0.25) is 4.79 Å². The summed E-state index contributed by atoms with van der Waals surface area (Å²) in [6.07, 6.45) is 0. The fourth-order valence-corrected chi connectivity index (χ4v) is 2.86. The molecule has 154 valence electrons. The van der Waals surface area contributed by atoms with E-state index in [0.29, 0.717) is 33.5 Å². The first-order chi connectivity index (χ1) is 14.5. The molecule has 0 bridgehead atoms. The third-order valence-corrected chi connectivity index (χ3v) is 4.42. The van der Waals surface area contributed by atoms with E-state index in [1.165, 1.54) is 7.11 Å². The molecule has 30 heavy (non-hydrogen) atoms. The van der Waals surface area contributed by atoms with Crippen LogP contribution in [0.3, 0.4) is 0 Å². The Hall–Kier alpha value is -3.71. The van der Waals surface area contributed by atoms with E-state index in [-0.39, 0.29) is 6.54 Å². The number of nitrogens with one attached hydrogen (secondary N) is 2. The van der Waals surface area contributed by atoms with Gasteiger partial charge in [-0.25, -0.2) is 4.79 Å². The van der Waals surface area contributed by atoms with Crippen LogP contribution in [0.25, 0.3) is 0 Å². The smallest absolute Gasteiger partial charge is 0.319 e. The molecule has 0 aliphatic heterocycles. The molecule has 8 heteroatoms. The summed E-state index contributed by atoms with van der Waals surface area (Å²) in [7, 11) is 1.51. The van der Waals surface area contributed by atoms with E-state index in [4.69, 9.17) is 26.8 Å². The molecule has 0 saturated carbocycles. The largest absolute Gasteiger partial charge is 0.495 e. The number of hydrogen-bond acceptors (Lipinski definition) is 4. The van der Waals surface area contributed by atoms with Gasteiger partial charge in [0.15, 0.2) is 0 Å². The maximum Gasteiger partial charge on any atom is 0.319 e. The summed E-state index contributed by atoms with van der Waals surface area (Å²) in [5.41, 5.74) is 6.87. The highest BCUT2D eigenvalue weighted by molar-refractivity contribution is 6.31. The van der Waals surface area contributed by atoms with Crippen molar-refractivity contribution in [3.8, 4) is 17.2 Å². The first-order valence-electron chi connectivity index (χ1n) is 9.00. The normalized spacial score (nSPS) is 10.2. The lowest BCUT2D eigenvalue weighted by molar-refractivity contribution is 0.1000. The van der Waals surface area contributed by atoms with E-state index in [2.05, 4.69) is 10.6 Å². The van der Waals surface area contributed by atoms with Crippen LogP contribution in [0.5, 0.6) is 17.2 Å². The fraction of sp³-hybridized carbons (Fsp3) is 0.0909. The Bertz CT molecular complexity index is 1050. The van der Waals surface area contributed by atoms with Crippen LogP contribution in [0, 0.1) is 0 Å². The quantitative estimate of drug-likeness (QED) is 0.516.